The minimum Gasteiger partial charge on any atom is -0.399 e. The van der Waals surface area contributed by atoms with Gasteiger partial charge in [-0.3, -0.25) is 0 Å². The van der Waals surface area contributed by atoms with E-state index in [1.165, 1.54) is 0 Å². The van der Waals surface area contributed by atoms with Gasteiger partial charge in [0, 0.05) is 7.11 Å². The maximum absolute atomic E-state index is 5.52. The summed E-state index contributed by atoms with van der Waals surface area (Å²) in [5, 5.41) is 0. The fourth-order valence-electron chi connectivity index (χ4n) is 0.587. The quantitative estimate of drug-likeness (QED) is 0.549. The zero-order chi connectivity index (χ0) is 7.98. The van der Waals surface area contributed by atoms with E-state index in [4.69, 9.17) is 5.73 Å². The van der Waals surface area contributed by atoms with Crippen LogP contribution >= 0.6 is 0 Å². The highest BCUT2D eigenvalue weighted by Crippen LogP contribution is 2.06. The molecule has 2 N–H and O–H groups in total. The molecule has 0 radical (unpaired) electrons. The number of nitrogens with two attached hydrogens (primary N) is 1. The van der Waals surface area contributed by atoms with Gasteiger partial charge in [-0.15, -0.1) is 0 Å². The third-order valence-corrected chi connectivity index (χ3v) is 1.19. The van der Waals surface area contributed by atoms with Crippen molar-refractivity contribution < 1.29 is 1.43 Å². The van der Waals surface area contributed by atoms with Crippen LogP contribution in [0.2, 0.25) is 0 Å². The van der Waals surface area contributed by atoms with Gasteiger partial charge in [-0.2, -0.15) is 0 Å². The van der Waals surface area contributed by atoms with Gasteiger partial charge in [-0.1, -0.05) is 32.0 Å². The van der Waals surface area contributed by atoms with E-state index in [2.05, 4.69) is 0 Å². The van der Waals surface area contributed by atoms with Gasteiger partial charge >= 0.3 is 0 Å². The molecule has 0 aliphatic carbocycles. The topological polar surface area (TPSA) is 26.0 Å². The monoisotopic (exact) mass is 139 g/mol. The van der Waals surface area contributed by atoms with Crippen LogP contribution in [0.1, 0.15) is 20.8 Å². The molecule has 0 fully saturated rings. The van der Waals surface area contributed by atoms with Gasteiger partial charge in [-0.25, -0.2) is 0 Å². The van der Waals surface area contributed by atoms with E-state index in [9.17, 15) is 0 Å². The fraction of sp³-hybridized carbons (Fsp3) is 0.333. The first-order valence-electron chi connectivity index (χ1n) is 3.62. The molecule has 1 aromatic carbocycles. The van der Waals surface area contributed by atoms with Crippen molar-refractivity contribution in [3.05, 3.63) is 29.8 Å². The van der Waals surface area contributed by atoms with Crippen molar-refractivity contribution in [2.45, 2.75) is 20.8 Å². The number of anilines is 1. The molecule has 10 heavy (non-hydrogen) atoms. The van der Waals surface area contributed by atoms with E-state index in [0.29, 0.717) is 0 Å². The van der Waals surface area contributed by atoms with Crippen LogP contribution in [0.4, 0.5) is 5.69 Å². The summed E-state index contributed by atoms with van der Waals surface area (Å²) in [6.07, 6.45) is 0. The molecule has 0 aliphatic heterocycles. The van der Waals surface area contributed by atoms with E-state index in [1.807, 2.05) is 45.0 Å². The lowest BCUT2D eigenvalue weighted by Crippen LogP contribution is -1.85. The van der Waals surface area contributed by atoms with Crippen molar-refractivity contribution in [2.75, 3.05) is 5.73 Å². The SMILES string of the molecule is CC.Cc1ccccc1N.[HH]. The van der Waals surface area contributed by atoms with Gasteiger partial charge < -0.3 is 5.73 Å². The zero-order valence-electron chi connectivity index (χ0n) is 6.89. The van der Waals surface area contributed by atoms with Crippen molar-refractivity contribution in [2.24, 2.45) is 0 Å². The molecule has 0 spiro atoms. The Morgan fingerprint density at radius 2 is 1.70 bits per heavy atom. The van der Waals surface area contributed by atoms with E-state index >= 15 is 0 Å². The molecular formula is C9H17N. The van der Waals surface area contributed by atoms with Crippen LogP contribution in [-0.2, 0) is 0 Å². The summed E-state index contributed by atoms with van der Waals surface area (Å²) in [5.41, 5.74) is 7.53. The van der Waals surface area contributed by atoms with Gasteiger partial charge in [0.1, 0.15) is 0 Å². The Morgan fingerprint density at radius 3 is 2.00 bits per heavy atom. The Kier molecular flexibility index (Phi) is 4.38. The van der Waals surface area contributed by atoms with Gasteiger partial charge in [0.05, 0.1) is 0 Å². The highest BCUT2D eigenvalue weighted by Gasteiger charge is 1.84. The molecule has 1 rings (SSSR count). The first kappa shape index (κ1) is 9.02. The van der Waals surface area contributed by atoms with Crippen LogP contribution in [0.3, 0.4) is 0 Å². The zero-order valence-corrected chi connectivity index (χ0v) is 6.89. The molecular weight excluding hydrogens is 122 g/mol. The normalized spacial score (nSPS) is 7.90. The van der Waals surface area contributed by atoms with Crippen molar-refractivity contribution in [3.8, 4) is 0 Å². The average Bonchev–Trinajstić information content (AvgIpc) is 2.00. The Bertz CT molecular complexity index is 166. The molecule has 0 aromatic heterocycles. The second-order valence-electron chi connectivity index (χ2n) is 1.86. The predicted octanol–water partition coefficient (Wildman–Crippen LogP) is 2.85. The highest BCUT2D eigenvalue weighted by atomic mass is 14.5. The van der Waals surface area contributed by atoms with Crippen LogP contribution in [0.25, 0.3) is 0 Å². The third-order valence-electron chi connectivity index (χ3n) is 1.19. The number of hydrogen-bond acceptors (Lipinski definition) is 1. The first-order chi connectivity index (χ1) is 4.80. The maximum atomic E-state index is 5.52. The summed E-state index contributed by atoms with van der Waals surface area (Å²) >= 11 is 0. The Morgan fingerprint density at radius 1 is 1.20 bits per heavy atom. The molecule has 58 valence electrons. The van der Waals surface area contributed by atoms with Crippen molar-refractivity contribution >= 4 is 5.69 Å². The summed E-state index contributed by atoms with van der Waals surface area (Å²) in [4.78, 5) is 0. The van der Waals surface area contributed by atoms with Crippen LogP contribution in [0, 0.1) is 6.92 Å². The second-order valence-corrected chi connectivity index (χ2v) is 1.86. The Balaban J connectivity index is 0. The molecule has 0 atom stereocenters. The van der Waals surface area contributed by atoms with Crippen LogP contribution in [0.15, 0.2) is 24.3 Å². The van der Waals surface area contributed by atoms with Gasteiger partial charge in [0.15, 0.2) is 0 Å². The summed E-state index contributed by atoms with van der Waals surface area (Å²) in [5.74, 6) is 0. The molecule has 1 aromatic rings. The highest BCUT2D eigenvalue weighted by molar-refractivity contribution is 5.44. The molecule has 0 amide bonds. The molecule has 0 aliphatic rings. The minimum atomic E-state index is 0. The van der Waals surface area contributed by atoms with E-state index in [0.717, 1.165) is 11.3 Å². The first-order valence-corrected chi connectivity index (χ1v) is 3.62. The molecule has 0 saturated heterocycles. The molecule has 0 unspecified atom stereocenters. The van der Waals surface area contributed by atoms with E-state index in [-0.39, 0.29) is 1.43 Å². The largest absolute Gasteiger partial charge is 0.399 e. The van der Waals surface area contributed by atoms with Crippen molar-refractivity contribution in [1.29, 1.82) is 0 Å². The minimum absolute atomic E-state index is 0. The summed E-state index contributed by atoms with van der Waals surface area (Å²) < 4.78 is 0. The molecule has 0 saturated carbocycles. The lowest BCUT2D eigenvalue weighted by molar-refractivity contribution is 1.47. The van der Waals surface area contributed by atoms with Gasteiger partial charge in [-0.05, 0) is 18.6 Å². The van der Waals surface area contributed by atoms with Gasteiger partial charge in [0.25, 0.3) is 0 Å². The molecule has 0 bridgehead atoms. The number of hydrogen-bond donors (Lipinski definition) is 1. The maximum Gasteiger partial charge on any atom is 0.0343 e. The van der Waals surface area contributed by atoms with Crippen molar-refractivity contribution in [1.82, 2.24) is 0 Å². The Labute approximate surface area is 64.4 Å². The van der Waals surface area contributed by atoms with Crippen LogP contribution in [0.5, 0.6) is 0 Å². The fourth-order valence-corrected chi connectivity index (χ4v) is 0.587. The second kappa shape index (κ2) is 4.86. The average molecular weight is 139 g/mol. The number of nitrogen functional groups attached to an aromatic ring is 1. The summed E-state index contributed by atoms with van der Waals surface area (Å²) in [7, 11) is 0. The lowest BCUT2D eigenvalue weighted by atomic mass is 10.2. The summed E-state index contributed by atoms with van der Waals surface area (Å²) in [6.45, 7) is 6.00. The van der Waals surface area contributed by atoms with Crippen molar-refractivity contribution in [3.63, 3.8) is 0 Å². The van der Waals surface area contributed by atoms with Gasteiger partial charge in [0.2, 0.25) is 0 Å². The smallest absolute Gasteiger partial charge is 0.0343 e. The molecule has 0 heterocycles. The Hall–Kier alpha value is -0.980. The lowest BCUT2D eigenvalue weighted by Gasteiger charge is -1.93. The number of benzene rings is 1. The number of aryl methyl sites for hydroxylation is 1. The van der Waals surface area contributed by atoms with Crippen LogP contribution < -0.4 is 5.73 Å². The standard InChI is InChI=1S/C7H9N.C2H6.H2/c1-6-4-2-3-5-7(6)8;1-2;/h2-5H,8H2,1H3;1-2H3;1H. The van der Waals surface area contributed by atoms with E-state index < -0.39 is 0 Å². The molecule has 1 heteroatoms. The summed E-state index contributed by atoms with van der Waals surface area (Å²) in [6, 6.07) is 7.80. The van der Waals surface area contributed by atoms with Crippen LogP contribution in [-0.4, -0.2) is 0 Å². The number of para-hydroxylation sites is 1. The molecule has 1 nitrogen and oxygen atoms in total. The van der Waals surface area contributed by atoms with E-state index in [1.54, 1.807) is 0 Å². The predicted molar refractivity (Wildman–Crippen MR) is 49.1 cm³/mol. The number of rotatable bonds is 0. The third kappa shape index (κ3) is 2.53.